The zero-order valence-corrected chi connectivity index (χ0v) is 16.8. The second-order valence-corrected chi connectivity index (χ2v) is 7.69. The average Bonchev–Trinajstić information content (AvgIpc) is 3.32. The molecule has 148 valence electrons. The molecular weight excluding hydrogens is 380 g/mol. The molecule has 6 aromatic rings. The van der Waals surface area contributed by atoms with Crippen LogP contribution in [0.15, 0.2) is 103 Å². The first-order valence-corrected chi connectivity index (χ1v) is 10.3. The number of allylic oxidation sites excluding steroid dienone is 1. The summed E-state index contributed by atoms with van der Waals surface area (Å²) in [6, 6.07) is 32.8. The van der Waals surface area contributed by atoms with Crippen molar-refractivity contribution in [3.63, 3.8) is 0 Å². The van der Waals surface area contributed by atoms with Crippen LogP contribution in [0.25, 0.3) is 49.4 Å². The van der Waals surface area contributed by atoms with Gasteiger partial charge in [-0.15, -0.1) is 0 Å². The number of nitrogens with one attached hydrogen (secondary N) is 1. The van der Waals surface area contributed by atoms with Crippen molar-refractivity contribution in [1.29, 1.82) is 5.41 Å². The van der Waals surface area contributed by atoms with E-state index in [4.69, 9.17) is 11.1 Å². The molecule has 6 rings (SSSR count). The van der Waals surface area contributed by atoms with Gasteiger partial charge in [0.05, 0.1) is 22.1 Å². The van der Waals surface area contributed by atoms with Crippen LogP contribution in [0, 0.1) is 5.41 Å². The molecule has 0 aliphatic carbocycles. The van der Waals surface area contributed by atoms with Crippen LogP contribution in [0.5, 0.6) is 0 Å². The molecule has 0 spiro atoms. The van der Waals surface area contributed by atoms with E-state index in [-0.39, 0.29) is 0 Å². The lowest BCUT2D eigenvalue weighted by Gasteiger charge is -2.10. The predicted octanol–water partition coefficient (Wildman–Crippen LogP) is 6.19. The highest BCUT2D eigenvalue weighted by atomic mass is 15.1. The molecule has 0 amide bonds. The summed E-state index contributed by atoms with van der Waals surface area (Å²) in [4.78, 5) is 0. The monoisotopic (exact) mass is 400 g/mol. The van der Waals surface area contributed by atoms with Gasteiger partial charge in [-0.3, -0.25) is 14.5 Å². The Morgan fingerprint density at radius 2 is 0.871 bits per heavy atom. The number of rotatable bonds is 2. The summed E-state index contributed by atoms with van der Waals surface area (Å²) in [7, 11) is 0. The Hall–Kier alpha value is -4.31. The molecule has 4 heteroatoms. The standard InChI is InChI=1S/C27H20N4/c28-26(30-22-13-5-1-9-18(22)19-10-2-6-14-23(19)30)17-27(29)31-24-15-7-3-11-20(24)21-12-4-8-16-25(21)31/h1-17,28H,29H2. The van der Waals surface area contributed by atoms with E-state index in [0.29, 0.717) is 11.7 Å². The Morgan fingerprint density at radius 3 is 1.26 bits per heavy atom. The lowest BCUT2D eigenvalue weighted by molar-refractivity contribution is 1.16. The van der Waals surface area contributed by atoms with E-state index in [2.05, 4.69) is 36.4 Å². The van der Waals surface area contributed by atoms with Crippen LogP contribution < -0.4 is 5.73 Å². The predicted molar refractivity (Wildman–Crippen MR) is 130 cm³/mol. The van der Waals surface area contributed by atoms with Crippen molar-refractivity contribution in [2.75, 3.05) is 0 Å². The van der Waals surface area contributed by atoms with Crippen molar-refractivity contribution >= 4 is 55.3 Å². The lowest BCUT2D eigenvalue weighted by Crippen LogP contribution is -2.13. The highest BCUT2D eigenvalue weighted by molar-refractivity contribution is 6.17. The maximum atomic E-state index is 8.95. The molecule has 4 nitrogen and oxygen atoms in total. The molecule has 31 heavy (non-hydrogen) atoms. The van der Waals surface area contributed by atoms with Crippen LogP contribution >= 0.6 is 0 Å². The molecule has 0 saturated carbocycles. The van der Waals surface area contributed by atoms with Gasteiger partial charge in [-0.25, -0.2) is 0 Å². The first kappa shape index (κ1) is 17.5. The number of aromatic nitrogens is 2. The summed E-state index contributed by atoms with van der Waals surface area (Å²) in [6.45, 7) is 0. The third-order valence-electron chi connectivity index (χ3n) is 5.94. The number of hydrogen-bond acceptors (Lipinski definition) is 2. The van der Waals surface area contributed by atoms with Crippen molar-refractivity contribution in [2.24, 2.45) is 5.73 Å². The maximum absolute atomic E-state index is 8.95. The number of nitrogens with two attached hydrogens (primary N) is 1. The first-order chi connectivity index (χ1) is 15.2. The second kappa shape index (κ2) is 6.61. The molecule has 0 radical (unpaired) electrons. The molecule has 4 aromatic carbocycles. The third kappa shape index (κ3) is 2.52. The van der Waals surface area contributed by atoms with Gasteiger partial charge in [0.1, 0.15) is 11.7 Å². The van der Waals surface area contributed by atoms with Gasteiger partial charge in [0.15, 0.2) is 0 Å². The molecule has 2 heterocycles. The van der Waals surface area contributed by atoms with Gasteiger partial charge in [-0.1, -0.05) is 72.8 Å². The van der Waals surface area contributed by atoms with Crippen LogP contribution in [0.2, 0.25) is 0 Å². The smallest absolute Gasteiger partial charge is 0.133 e. The Bertz CT molecular complexity index is 1560. The van der Waals surface area contributed by atoms with E-state index in [0.717, 1.165) is 43.6 Å². The van der Waals surface area contributed by atoms with Crippen molar-refractivity contribution in [3.05, 3.63) is 103 Å². The fraction of sp³-hybridized carbons (Fsp3) is 0. The fourth-order valence-electron chi connectivity index (χ4n) is 4.65. The van der Waals surface area contributed by atoms with Crippen LogP contribution in [-0.2, 0) is 0 Å². The minimum absolute atomic E-state index is 0.330. The Balaban J connectivity index is 1.59. The Labute approximate surface area is 178 Å². The molecule has 0 bridgehead atoms. The SMILES string of the molecule is N=C(C=C(N)n1c2ccccc2c2ccccc21)n1c2ccccc2c2ccccc21. The number of benzene rings is 4. The van der Waals surface area contributed by atoms with Gasteiger partial charge in [0, 0.05) is 27.6 Å². The average molecular weight is 400 g/mol. The number of nitrogens with zero attached hydrogens (tertiary/aromatic N) is 2. The number of fused-ring (bicyclic) bond motifs is 6. The molecule has 3 N–H and O–H groups in total. The molecule has 0 saturated heterocycles. The zero-order chi connectivity index (χ0) is 20.9. The van der Waals surface area contributed by atoms with Crippen LogP contribution in [0.1, 0.15) is 0 Å². The summed E-state index contributed by atoms with van der Waals surface area (Å²) < 4.78 is 4.00. The highest BCUT2D eigenvalue weighted by Gasteiger charge is 2.15. The molecule has 2 aromatic heterocycles. The Kier molecular flexibility index (Phi) is 3.74. The number of hydrogen-bond donors (Lipinski definition) is 2. The van der Waals surface area contributed by atoms with Crippen molar-refractivity contribution in [2.45, 2.75) is 0 Å². The minimum Gasteiger partial charge on any atom is -0.385 e. The topological polar surface area (TPSA) is 59.7 Å². The van der Waals surface area contributed by atoms with E-state index in [9.17, 15) is 0 Å². The summed E-state index contributed by atoms with van der Waals surface area (Å²) in [6.07, 6.45) is 1.75. The van der Waals surface area contributed by atoms with Crippen LogP contribution in [0.4, 0.5) is 0 Å². The van der Waals surface area contributed by atoms with Gasteiger partial charge in [0.2, 0.25) is 0 Å². The second-order valence-electron chi connectivity index (χ2n) is 7.69. The van der Waals surface area contributed by atoms with Crippen LogP contribution in [0.3, 0.4) is 0 Å². The Morgan fingerprint density at radius 1 is 0.548 bits per heavy atom. The van der Waals surface area contributed by atoms with E-state index >= 15 is 0 Å². The van der Waals surface area contributed by atoms with Gasteiger partial charge >= 0.3 is 0 Å². The van der Waals surface area contributed by atoms with Crippen molar-refractivity contribution in [1.82, 2.24) is 9.13 Å². The van der Waals surface area contributed by atoms with E-state index in [1.54, 1.807) is 6.08 Å². The van der Waals surface area contributed by atoms with Crippen molar-refractivity contribution < 1.29 is 0 Å². The molecule has 0 aliphatic heterocycles. The largest absolute Gasteiger partial charge is 0.385 e. The van der Waals surface area contributed by atoms with Crippen molar-refractivity contribution in [3.8, 4) is 0 Å². The van der Waals surface area contributed by atoms with Gasteiger partial charge < -0.3 is 5.73 Å². The summed E-state index contributed by atoms with van der Waals surface area (Å²) in [5.41, 5.74) is 10.7. The summed E-state index contributed by atoms with van der Waals surface area (Å²) in [5.74, 6) is 0.848. The van der Waals surface area contributed by atoms with Gasteiger partial charge in [-0.2, -0.15) is 0 Å². The van der Waals surface area contributed by atoms with Gasteiger partial charge in [0.25, 0.3) is 0 Å². The highest BCUT2D eigenvalue weighted by Crippen LogP contribution is 2.31. The lowest BCUT2D eigenvalue weighted by atomic mass is 10.2. The summed E-state index contributed by atoms with van der Waals surface area (Å²) in [5, 5.41) is 13.5. The molecule has 0 atom stereocenters. The first-order valence-electron chi connectivity index (χ1n) is 10.3. The third-order valence-corrected chi connectivity index (χ3v) is 5.94. The fourth-order valence-corrected chi connectivity index (χ4v) is 4.65. The quantitative estimate of drug-likeness (QED) is 0.264. The van der Waals surface area contributed by atoms with Crippen LogP contribution in [-0.4, -0.2) is 15.0 Å². The normalized spacial score (nSPS) is 12.3. The maximum Gasteiger partial charge on any atom is 0.133 e. The van der Waals surface area contributed by atoms with E-state index in [1.165, 1.54) is 0 Å². The molecule has 0 unspecified atom stereocenters. The molecule has 0 aliphatic rings. The zero-order valence-electron chi connectivity index (χ0n) is 16.8. The van der Waals surface area contributed by atoms with E-state index < -0.39 is 0 Å². The minimum atomic E-state index is 0.330. The van der Waals surface area contributed by atoms with Gasteiger partial charge in [-0.05, 0) is 24.3 Å². The van der Waals surface area contributed by atoms with E-state index in [1.807, 2.05) is 69.8 Å². The molecule has 0 fully saturated rings. The summed E-state index contributed by atoms with van der Waals surface area (Å²) >= 11 is 0. The number of para-hydroxylation sites is 4. The molecular formula is C27H20N4.